The van der Waals surface area contributed by atoms with Gasteiger partial charge in [-0.25, -0.2) is 4.98 Å². The van der Waals surface area contributed by atoms with E-state index in [0.29, 0.717) is 16.7 Å². The third-order valence-electron chi connectivity index (χ3n) is 4.85. The van der Waals surface area contributed by atoms with E-state index < -0.39 is 0 Å². The predicted molar refractivity (Wildman–Crippen MR) is 122 cm³/mol. The molecule has 0 unspecified atom stereocenters. The van der Waals surface area contributed by atoms with E-state index in [1.165, 1.54) is 11.8 Å². The van der Waals surface area contributed by atoms with Crippen molar-refractivity contribution in [3.05, 3.63) is 96.6 Å². The van der Waals surface area contributed by atoms with Gasteiger partial charge in [0.15, 0.2) is 5.78 Å². The van der Waals surface area contributed by atoms with Crippen LogP contribution in [0.2, 0.25) is 0 Å². The summed E-state index contributed by atoms with van der Waals surface area (Å²) in [6.45, 7) is 0. The lowest BCUT2D eigenvalue weighted by molar-refractivity contribution is 0.102. The van der Waals surface area contributed by atoms with Gasteiger partial charge in [0.25, 0.3) is 5.22 Å². The van der Waals surface area contributed by atoms with Crippen LogP contribution < -0.4 is 0 Å². The molecule has 0 atom stereocenters. The number of hydrogen-bond donors (Lipinski definition) is 0. The summed E-state index contributed by atoms with van der Waals surface area (Å²) in [4.78, 5) is 17.1. The van der Waals surface area contributed by atoms with Gasteiger partial charge in [-0.05, 0) is 12.1 Å². The zero-order valence-corrected chi connectivity index (χ0v) is 17.3. The van der Waals surface area contributed by atoms with Crippen molar-refractivity contribution in [3.63, 3.8) is 0 Å². The summed E-state index contributed by atoms with van der Waals surface area (Å²) >= 11 is 1.24. The van der Waals surface area contributed by atoms with Crippen LogP contribution in [0.25, 0.3) is 33.6 Å². The van der Waals surface area contributed by atoms with Crippen molar-refractivity contribution >= 4 is 28.4 Å². The van der Waals surface area contributed by atoms with Crippen molar-refractivity contribution in [2.24, 2.45) is 0 Å². The Morgan fingerprint density at radius 1 is 0.839 bits per heavy atom. The van der Waals surface area contributed by atoms with Crippen molar-refractivity contribution in [2.75, 3.05) is 5.75 Å². The molecule has 0 aliphatic carbocycles. The van der Waals surface area contributed by atoms with Gasteiger partial charge < -0.3 is 4.42 Å². The minimum absolute atomic E-state index is 0.0195. The Balaban J connectivity index is 1.46. The van der Waals surface area contributed by atoms with Crippen LogP contribution in [0.15, 0.2) is 101 Å². The van der Waals surface area contributed by atoms with Crippen LogP contribution in [-0.2, 0) is 0 Å². The Hall–Kier alpha value is -3.77. The molecule has 5 rings (SSSR count). The minimum Gasteiger partial charge on any atom is -0.411 e. The number of para-hydroxylation sites is 1. The van der Waals surface area contributed by atoms with Crippen LogP contribution in [0.4, 0.5) is 0 Å². The normalized spacial score (nSPS) is 11.0. The fourth-order valence-electron chi connectivity index (χ4n) is 3.32. The number of thioether (sulfide) groups is 1. The first-order valence-corrected chi connectivity index (χ1v) is 10.8. The average Bonchev–Trinajstić information content (AvgIpc) is 3.32. The Kier molecular flexibility index (Phi) is 5.29. The number of nitrogens with zero attached hydrogens (tertiary/aromatic N) is 3. The Bertz CT molecular complexity index is 1350. The molecule has 2 aromatic heterocycles. The molecule has 31 heavy (non-hydrogen) atoms. The molecule has 3 aromatic carbocycles. The van der Waals surface area contributed by atoms with Crippen molar-refractivity contribution in [2.45, 2.75) is 5.22 Å². The lowest BCUT2D eigenvalue weighted by atomic mass is 10.0. The molecule has 0 saturated carbocycles. The van der Waals surface area contributed by atoms with E-state index in [1.807, 2.05) is 78.9 Å². The molecule has 0 saturated heterocycles. The van der Waals surface area contributed by atoms with Crippen LogP contribution in [-0.4, -0.2) is 26.7 Å². The maximum atomic E-state index is 12.4. The number of pyridine rings is 1. The first-order chi connectivity index (χ1) is 15.3. The number of ketones is 1. The third kappa shape index (κ3) is 4.11. The molecule has 5 aromatic rings. The summed E-state index contributed by atoms with van der Waals surface area (Å²) in [5.41, 5.74) is 4.18. The molecule has 2 heterocycles. The standard InChI is InChI=1S/C25H17N3O2S/c29-23(18-11-5-2-6-12-18)16-31-25-28-27-24(30-25)20-15-22(17-9-3-1-4-10-17)26-21-14-8-7-13-19(20)21/h1-15H,16H2. The van der Waals surface area contributed by atoms with Gasteiger partial charge in [0, 0.05) is 16.5 Å². The van der Waals surface area contributed by atoms with Gasteiger partial charge in [0.2, 0.25) is 5.89 Å². The van der Waals surface area contributed by atoms with Crippen LogP contribution in [0.3, 0.4) is 0 Å². The lowest BCUT2D eigenvalue weighted by Gasteiger charge is -2.07. The topological polar surface area (TPSA) is 68.9 Å². The number of carbonyl (C=O) groups excluding carboxylic acids is 1. The highest BCUT2D eigenvalue weighted by Gasteiger charge is 2.16. The van der Waals surface area contributed by atoms with Crippen LogP contribution in [0, 0.1) is 0 Å². The molecule has 0 spiro atoms. The van der Waals surface area contributed by atoms with Gasteiger partial charge in [-0.2, -0.15) is 0 Å². The van der Waals surface area contributed by atoms with Gasteiger partial charge in [-0.15, -0.1) is 10.2 Å². The summed E-state index contributed by atoms with van der Waals surface area (Å²) in [5, 5.41) is 9.68. The van der Waals surface area contributed by atoms with E-state index in [-0.39, 0.29) is 11.5 Å². The molecular weight excluding hydrogens is 406 g/mol. The second kappa shape index (κ2) is 8.53. The summed E-state index contributed by atoms with van der Waals surface area (Å²) in [7, 11) is 0. The number of hydrogen-bond acceptors (Lipinski definition) is 6. The Morgan fingerprint density at radius 3 is 2.35 bits per heavy atom. The van der Waals surface area contributed by atoms with Crippen molar-refractivity contribution in [1.82, 2.24) is 15.2 Å². The second-order valence-electron chi connectivity index (χ2n) is 6.89. The molecular formula is C25H17N3O2S. The molecule has 5 nitrogen and oxygen atoms in total. The number of Topliss-reactive ketones (excluding diaryl/α,β-unsaturated/α-hetero) is 1. The number of carbonyl (C=O) groups is 1. The smallest absolute Gasteiger partial charge is 0.277 e. The first-order valence-electron chi connectivity index (χ1n) is 9.78. The molecule has 0 bridgehead atoms. The highest BCUT2D eigenvalue weighted by atomic mass is 32.2. The zero-order chi connectivity index (χ0) is 21.0. The maximum Gasteiger partial charge on any atom is 0.277 e. The van der Waals surface area contributed by atoms with Gasteiger partial charge >= 0.3 is 0 Å². The van der Waals surface area contributed by atoms with Gasteiger partial charge in [-0.1, -0.05) is 90.6 Å². The largest absolute Gasteiger partial charge is 0.411 e. The van der Waals surface area contributed by atoms with Crippen molar-refractivity contribution in [3.8, 4) is 22.7 Å². The van der Waals surface area contributed by atoms with Crippen LogP contribution in [0.1, 0.15) is 10.4 Å². The fraction of sp³-hybridized carbons (Fsp3) is 0.0400. The molecule has 6 heteroatoms. The number of rotatable bonds is 6. The highest BCUT2D eigenvalue weighted by molar-refractivity contribution is 7.99. The van der Waals surface area contributed by atoms with Gasteiger partial charge in [0.05, 0.1) is 22.5 Å². The molecule has 0 amide bonds. The van der Waals surface area contributed by atoms with Gasteiger partial charge in [0.1, 0.15) is 0 Å². The zero-order valence-electron chi connectivity index (χ0n) is 16.4. The van der Waals surface area contributed by atoms with Gasteiger partial charge in [-0.3, -0.25) is 4.79 Å². The average molecular weight is 423 g/mol. The summed E-state index contributed by atoms with van der Waals surface area (Å²) in [6.07, 6.45) is 0. The van der Waals surface area contributed by atoms with E-state index in [2.05, 4.69) is 10.2 Å². The van der Waals surface area contributed by atoms with E-state index in [4.69, 9.17) is 9.40 Å². The van der Waals surface area contributed by atoms with Crippen LogP contribution >= 0.6 is 11.8 Å². The SMILES string of the molecule is O=C(CSc1nnc(-c2cc(-c3ccccc3)nc3ccccc23)o1)c1ccccc1. The minimum atomic E-state index is 0.0195. The maximum absolute atomic E-state index is 12.4. The molecule has 0 aliphatic rings. The number of aromatic nitrogens is 3. The monoisotopic (exact) mass is 423 g/mol. The fourth-order valence-corrected chi connectivity index (χ4v) is 3.98. The summed E-state index contributed by atoms with van der Waals surface area (Å²) in [5.74, 6) is 0.661. The highest BCUT2D eigenvalue weighted by Crippen LogP contribution is 2.32. The second-order valence-corrected chi connectivity index (χ2v) is 7.82. The van der Waals surface area contributed by atoms with E-state index in [0.717, 1.165) is 27.7 Å². The Labute approximate surface area is 183 Å². The van der Waals surface area contributed by atoms with Crippen molar-refractivity contribution < 1.29 is 9.21 Å². The molecule has 0 N–H and O–H groups in total. The van der Waals surface area contributed by atoms with Crippen molar-refractivity contribution in [1.29, 1.82) is 0 Å². The summed E-state index contributed by atoms with van der Waals surface area (Å²) < 4.78 is 5.92. The molecule has 150 valence electrons. The first kappa shape index (κ1) is 19.2. The Morgan fingerprint density at radius 2 is 1.55 bits per heavy atom. The number of benzene rings is 3. The quantitative estimate of drug-likeness (QED) is 0.249. The molecule has 0 aliphatic heterocycles. The van der Waals surface area contributed by atoms with E-state index >= 15 is 0 Å². The van der Waals surface area contributed by atoms with Crippen LogP contribution in [0.5, 0.6) is 0 Å². The number of fused-ring (bicyclic) bond motifs is 1. The molecule has 0 fully saturated rings. The molecule has 0 radical (unpaired) electrons. The lowest BCUT2D eigenvalue weighted by Crippen LogP contribution is -2.01. The van der Waals surface area contributed by atoms with E-state index in [9.17, 15) is 4.79 Å². The third-order valence-corrected chi connectivity index (χ3v) is 5.66. The predicted octanol–water partition coefficient (Wildman–Crippen LogP) is 5.93. The van der Waals surface area contributed by atoms with E-state index in [1.54, 1.807) is 12.1 Å². The summed E-state index contributed by atoms with van der Waals surface area (Å²) in [6, 6.07) is 29.0.